The lowest BCUT2D eigenvalue weighted by molar-refractivity contribution is 0.302. The van der Waals surface area contributed by atoms with Crippen LogP contribution in [0.25, 0.3) is 0 Å². The van der Waals surface area contributed by atoms with Gasteiger partial charge in [-0.3, -0.25) is 0 Å². The Hall–Kier alpha value is -0.960. The van der Waals surface area contributed by atoms with E-state index in [1.54, 1.807) is 0 Å². The van der Waals surface area contributed by atoms with Gasteiger partial charge in [0.2, 0.25) is 0 Å². The lowest BCUT2D eigenvalue weighted by Crippen LogP contribution is -2.14. The monoisotopic (exact) mass is 298 g/mol. The van der Waals surface area contributed by atoms with E-state index in [-0.39, 0.29) is 0 Å². The predicted octanol–water partition coefficient (Wildman–Crippen LogP) is 6.54. The van der Waals surface area contributed by atoms with E-state index in [1.807, 2.05) is 0 Å². The largest absolute Gasteiger partial charge is 0.0996 e. The van der Waals surface area contributed by atoms with Crippen LogP contribution in [0.2, 0.25) is 0 Å². The average molecular weight is 299 g/mol. The van der Waals surface area contributed by atoms with Crippen LogP contribution in [0.15, 0.2) is 24.3 Å². The molecule has 0 radical (unpaired) electrons. The average Bonchev–Trinajstić information content (AvgIpc) is 2.56. The van der Waals surface area contributed by atoms with Gasteiger partial charge in [0.25, 0.3) is 0 Å². The van der Waals surface area contributed by atoms with Crippen molar-refractivity contribution < 1.29 is 0 Å². The SMILES string of the molecule is C/C=C/CCC1CCC(C#CC2CCC(/C=C/C)CC2)CC1. The lowest BCUT2D eigenvalue weighted by atomic mass is 9.79. The minimum atomic E-state index is 0.689. The van der Waals surface area contributed by atoms with E-state index in [0.29, 0.717) is 11.8 Å². The molecule has 0 bridgehead atoms. The summed E-state index contributed by atoms with van der Waals surface area (Å²) in [5.41, 5.74) is 0. The van der Waals surface area contributed by atoms with Crippen LogP contribution in [-0.2, 0) is 0 Å². The van der Waals surface area contributed by atoms with Crippen LogP contribution >= 0.6 is 0 Å². The summed E-state index contributed by atoms with van der Waals surface area (Å²) < 4.78 is 0. The number of hydrogen-bond donors (Lipinski definition) is 0. The second-order valence-corrected chi connectivity index (χ2v) is 7.29. The van der Waals surface area contributed by atoms with Crippen LogP contribution in [0.5, 0.6) is 0 Å². The zero-order chi connectivity index (χ0) is 15.6. The van der Waals surface area contributed by atoms with Gasteiger partial charge in [-0.25, -0.2) is 0 Å². The quantitative estimate of drug-likeness (QED) is 0.408. The molecular formula is C22H34. The Morgan fingerprint density at radius 3 is 1.91 bits per heavy atom. The van der Waals surface area contributed by atoms with Gasteiger partial charge in [-0.15, -0.1) is 0 Å². The van der Waals surface area contributed by atoms with E-state index < -0.39 is 0 Å². The molecule has 0 aromatic rings. The third-order valence-corrected chi connectivity index (χ3v) is 5.55. The number of allylic oxidation sites excluding steroid dienone is 4. The van der Waals surface area contributed by atoms with E-state index in [1.165, 1.54) is 64.2 Å². The molecule has 0 heterocycles. The zero-order valence-corrected chi connectivity index (χ0v) is 14.7. The minimum Gasteiger partial charge on any atom is -0.0996 e. The van der Waals surface area contributed by atoms with Gasteiger partial charge >= 0.3 is 0 Å². The molecule has 0 amide bonds. The fraction of sp³-hybridized carbons (Fsp3) is 0.727. The van der Waals surface area contributed by atoms with Crippen LogP contribution in [0.1, 0.15) is 78.1 Å². The molecule has 0 aliphatic heterocycles. The number of hydrogen-bond acceptors (Lipinski definition) is 0. The summed E-state index contributed by atoms with van der Waals surface area (Å²) in [7, 11) is 0. The molecule has 122 valence electrons. The van der Waals surface area contributed by atoms with Crippen molar-refractivity contribution in [1.82, 2.24) is 0 Å². The van der Waals surface area contributed by atoms with E-state index in [9.17, 15) is 0 Å². The lowest BCUT2D eigenvalue weighted by Gasteiger charge is -2.26. The summed E-state index contributed by atoms with van der Waals surface area (Å²) in [6.45, 7) is 4.26. The van der Waals surface area contributed by atoms with Crippen molar-refractivity contribution in [3.05, 3.63) is 24.3 Å². The molecular weight excluding hydrogens is 264 g/mol. The van der Waals surface area contributed by atoms with Crippen molar-refractivity contribution in [2.24, 2.45) is 23.7 Å². The van der Waals surface area contributed by atoms with Crippen LogP contribution in [0, 0.1) is 35.5 Å². The Bertz CT molecular complexity index is 401. The Morgan fingerprint density at radius 1 is 0.773 bits per heavy atom. The van der Waals surface area contributed by atoms with Gasteiger partial charge in [-0.05, 0) is 89.9 Å². The topological polar surface area (TPSA) is 0 Å². The molecule has 0 heteroatoms. The summed E-state index contributed by atoms with van der Waals surface area (Å²) in [4.78, 5) is 0. The highest BCUT2D eigenvalue weighted by Gasteiger charge is 2.20. The standard InChI is InChI=1S/C22H34/c1-3-5-6-8-20-11-15-22(16-12-20)18-17-21-13-9-19(7-4-2)10-14-21/h3-5,7,19-22H,6,8-16H2,1-2H3/b5-3+,7-4+. The van der Waals surface area contributed by atoms with Gasteiger partial charge in [0.05, 0.1) is 0 Å². The fourth-order valence-electron chi connectivity index (χ4n) is 4.06. The van der Waals surface area contributed by atoms with Crippen LogP contribution in [-0.4, -0.2) is 0 Å². The Kier molecular flexibility index (Phi) is 7.86. The highest BCUT2D eigenvalue weighted by atomic mass is 14.2. The third-order valence-electron chi connectivity index (χ3n) is 5.55. The molecule has 0 unspecified atom stereocenters. The summed E-state index contributed by atoms with van der Waals surface area (Å²) in [6.07, 6.45) is 22.6. The maximum absolute atomic E-state index is 3.64. The van der Waals surface area contributed by atoms with Gasteiger partial charge in [0.1, 0.15) is 0 Å². The first-order chi connectivity index (χ1) is 10.8. The molecule has 0 aromatic heterocycles. The van der Waals surface area contributed by atoms with E-state index in [2.05, 4.69) is 50.0 Å². The highest BCUT2D eigenvalue weighted by molar-refractivity contribution is 5.09. The van der Waals surface area contributed by atoms with Crippen molar-refractivity contribution in [3.8, 4) is 11.8 Å². The third kappa shape index (κ3) is 6.04. The summed E-state index contributed by atoms with van der Waals surface area (Å²) in [6, 6.07) is 0. The molecule has 0 nitrogen and oxygen atoms in total. The van der Waals surface area contributed by atoms with Gasteiger partial charge in [0, 0.05) is 11.8 Å². The molecule has 0 spiro atoms. The molecule has 0 N–H and O–H groups in total. The zero-order valence-electron chi connectivity index (χ0n) is 14.7. The molecule has 0 aromatic carbocycles. The number of rotatable bonds is 4. The fourth-order valence-corrected chi connectivity index (χ4v) is 4.06. The van der Waals surface area contributed by atoms with Crippen molar-refractivity contribution >= 4 is 0 Å². The van der Waals surface area contributed by atoms with Crippen LogP contribution in [0.4, 0.5) is 0 Å². The normalized spacial score (nSPS) is 33.0. The van der Waals surface area contributed by atoms with Crippen molar-refractivity contribution in [1.29, 1.82) is 0 Å². The maximum atomic E-state index is 3.64. The van der Waals surface area contributed by atoms with Crippen molar-refractivity contribution in [3.63, 3.8) is 0 Å². The second kappa shape index (κ2) is 9.94. The Balaban J connectivity index is 1.66. The molecule has 0 saturated heterocycles. The smallest absolute Gasteiger partial charge is 0.0203 e. The van der Waals surface area contributed by atoms with Crippen LogP contribution in [0.3, 0.4) is 0 Å². The predicted molar refractivity (Wildman–Crippen MR) is 97.5 cm³/mol. The summed E-state index contributed by atoms with van der Waals surface area (Å²) in [5, 5.41) is 0. The van der Waals surface area contributed by atoms with Crippen molar-refractivity contribution in [2.75, 3.05) is 0 Å². The van der Waals surface area contributed by atoms with Crippen molar-refractivity contribution in [2.45, 2.75) is 78.1 Å². The van der Waals surface area contributed by atoms with Gasteiger partial charge < -0.3 is 0 Å². The van der Waals surface area contributed by atoms with Gasteiger partial charge in [0.15, 0.2) is 0 Å². The molecule has 2 rings (SSSR count). The van der Waals surface area contributed by atoms with Crippen LogP contribution < -0.4 is 0 Å². The van der Waals surface area contributed by atoms with E-state index in [0.717, 1.165) is 11.8 Å². The molecule has 0 atom stereocenters. The van der Waals surface area contributed by atoms with E-state index >= 15 is 0 Å². The first kappa shape index (κ1) is 17.4. The van der Waals surface area contributed by atoms with Gasteiger partial charge in [-0.2, -0.15) is 0 Å². The molecule has 2 aliphatic rings. The first-order valence-electron chi connectivity index (χ1n) is 9.56. The molecule has 2 saturated carbocycles. The Morgan fingerprint density at radius 2 is 1.36 bits per heavy atom. The summed E-state index contributed by atoms with van der Waals surface area (Å²) >= 11 is 0. The molecule has 2 fully saturated rings. The minimum absolute atomic E-state index is 0.689. The first-order valence-corrected chi connectivity index (χ1v) is 9.56. The van der Waals surface area contributed by atoms with E-state index in [4.69, 9.17) is 0 Å². The molecule has 22 heavy (non-hydrogen) atoms. The van der Waals surface area contributed by atoms with Gasteiger partial charge in [-0.1, -0.05) is 36.1 Å². The molecule has 2 aliphatic carbocycles. The maximum Gasteiger partial charge on any atom is 0.0203 e. The highest BCUT2D eigenvalue weighted by Crippen LogP contribution is 2.32. The summed E-state index contributed by atoms with van der Waals surface area (Å²) in [5.74, 6) is 10.5. The Labute approximate surface area is 138 Å². The second-order valence-electron chi connectivity index (χ2n) is 7.29.